The van der Waals surface area contributed by atoms with Crippen LogP contribution in [0.3, 0.4) is 0 Å². The fourth-order valence-electron chi connectivity index (χ4n) is 1.87. The second-order valence-electron chi connectivity index (χ2n) is 4.02. The molecule has 1 N–H and O–H groups in total. The quantitative estimate of drug-likeness (QED) is 0.920. The van der Waals surface area contributed by atoms with Crippen molar-refractivity contribution in [3.63, 3.8) is 0 Å². The molecule has 94 valence electrons. The number of thiophene rings is 1. The van der Waals surface area contributed by atoms with Crippen molar-refractivity contribution in [1.29, 1.82) is 5.26 Å². The lowest BCUT2D eigenvalue weighted by Gasteiger charge is -2.23. The molecule has 0 aromatic carbocycles. The molecular weight excluding hydrogens is 264 g/mol. The van der Waals surface area contributed by atoms with Crippen LogP contribution in [0.2, 0.25) is 0 Å². The third-order valence-corrected chi connectivity index (χ3v) is 4.90. The summed E-state index contributed by atoms with van der Waals surface area (Å²) in [5.41, 5.74) is 0.704. The standard InChI is InChI=1S/C13H14N2OS2/c1-2-5-18-13-10(8-14)9(7-12(16)15-13)11-4-3-6-17-11/h3-4,6,9H,2,5,7H2,1H3,(H,15,16)/t9-/m1/s1. The summed E-state index contributed by atoms with van der Waals surface area (Å²) < 4.78 is 0. The molecule has 2 rings (SSSR count). The van der Waals surface area contributed by atoms with E-state index in [9.17, 15) is 10.1 Å². The summed E-state index contributed by atoms with van der Waals surface area (Å²) in [6.45, 7) is 2.08. The second-order valence-corrected chi connectivity index (χ2v) is 6.11. The first-order chi connectivity index (χ1) is 8.76. The molecule has 1 amide bonds. The number of allylic oxidation sites excluding steroid dienone is 1. The Morgan fingerprint density at radius 1 is 1.67 bits per heavy atom. The van der Waals surface area contributed by atoms with Crippen molar-refractivity contribution in [2.24, 2.45) is 0 Å². The van der Waals surface area contributed by atoms with Gasteiger partial charge >= 0.3 is 0 Å². The highest BCUT2D eigenvalue weighted by atomic mass is 32.2. The van der Waals surface area contributed by atoms with E-state index in [-0.39, 0.29) is 11.8 Å². The van der Waals surface area contributed by atoms with Crippen molar-refractivity contribution in [2.45, 2.75) is 25.7 Å². The average molecular weight is 278 g/mol. The van der Waals surface area contributed by atoms with E-state index < -0.39 is 0 Å². The van der Waals surface area contributed by atoms with E-state index in [0.717, 1.165) is 22.1 Å². The van der Waals surface area contributed by atoms with Crippen LogP contribution in [-0.2, 0) is 4.79 Å². The molecule has 2 heterocycles. The van der Waals surface area contributed by atoms with E-state index in [4.69, 9.17) is 0 Å². The van der Waals surface area contributed by atoms with E-state index in [0.29, 0.717) is 12.0 Å². The number of amides is 1. The van der Waals surface area contributed by atoms with Crippen LogP contribution >= 0.6 is 23.1 Å². The highest BCUT2D eigenvalue weighted by Gasteiger charge is 2.29. The van der Waals surface area contributed by atoms with Crippen molar-refractivity contribution in [3.8, 4) is 6.07 Å². The predicted octanol–water partition coefficient (Wildman–Crippen LogP) is 3.23. The Kier molecular flexibility index (Phi) is 4.45. The topological polar surface area (TPSA) is 52.9 Å². The molecule has 0 saturated carbocycles. The van der Waals surface area contributed by atoms with Gasteiger partial charge in [0.1, 0.15) is 0 Å². The summed E-state index contributed by atoms with van der Waals surface area (Å²) in [4.78, 5) is 12.8. The van der Waals surface area contributed by atoms with Crippen molar-refractivity contribution in [1.82, 2.24) is 5.32 Å². The van der Waals surface area contributed by atoms with Crippen LogP contribution in [0, 0.1) is 11.3 Å². The first kappa shape index (κ1) is 13.2. The molecule has 1 aromatic rings. The fraction of sp³-hybridized carbons (Fsp3) is 0.385. The van der Waals surface area contributed by atoms with Crippen molar-refractivity contribution < 1.29 is 4.79 Å². The van der Waals surface area contributed by atoms with E-state index >= 15 is 0 Å². The molecule has 0 aliphatic carbocycles. The Hall–Kier alpha value is -1.25. The molecule has 0 fully saturated rings. The largest absolute Gasteiger partial charge is 0.320 e. The lowest BCUT2D eigenvalue weighted by molar-refractivity contribution is -0.120. The van der Waals surface area contributed by atoms with Gasteiger partial charge in [0.25, 0.3) is 0 Å². The Morgan fingerprint density at radius 2 is 2.50 bits per heavy atom. The van der Waals surface area contributed by atoms with Crippen LogP contribution in [0.25, 0.3) is 0 Å². The predicted molar refractivity (Wildman–Crippen MR) is 75.2 cm³/mol. The van der Waals surface area contributed by atoms with Gasteiger partial charge < -0.3 is 5.32 Å². The molecule has 1 atom stereocenters. The summed E-state index contributed by atoms with van der Waals surface area (Å²) in [6.07, 6.45) is 1.39. The number of hydrogen-bond donors (Lipinski definition) is 1. The maximum Gasteiger partial charge on any atom is 0.225 e. The van der Waals surface area contributed by atoms with Gasteiger partial charge in [0.15, 0.2) is 0 Å². The lowest BCUT2D eigenvalue weighted by Crippen LogP contribution is -2.30. The smallest absolute Gasteiger partial charge is 0.225 e. The van der Waals surface area contributed by atoms with Crippen molar-refractivity contribution >= 4 is 29.0 Å². The zero-order chi connectivity index (χ0) is 13.0. The Labute approximate surface area is 115 Å². The molecule has 1 aliphatic rings. The summed E-state index contributed by atoms with van der Waals surface area (Å²) in [7, 11) is 0. The molecule has 3 nitrogen and oxygen atoms in total. The minimum absolute atomic E-state index is 0.00556. The first-order valence-corrected chi connectivity index (χ1v) is 7.73. The Bertz CT molecular complexity index is 500. The number of nitriles is 1. The summed E-state index contributed by atoms with van der Waals surface area (Å²) in [5, 5.41) is 14.9. The minimum Gasteiger partial charge on any atom is -0.320 e. The van der Waals surface area contributed by atoms with E-state index in [1.54, 1.807) is 23.1 Å². The van der Waals surface area contributed by atoms with Gasteiger partial charge in [-0.15, -0.1) is 23.1 Å². The SMILES string of the molecule is CCCSC1=C(C#N)[C@H](c2cccs2)CC(=O)N1. The summed E-state index contributed by atoms with van der Waals surface area (Å²) >= 11 is 3.17. The van der Waals surface area contributed by atoms with Crippen LogP contribution in [-0.4, -0.2) is 11.7 Å². The normalized spacial score (nSPS) is 19.6. The highest BCUT2D eigenvalue weighted by molar-refractivity contribution is 8.03. The molecule has 18 heavy (non-hydrogen) atoms. The minimum atomic E-state index is -0.0666. The van der Waals surface area contributed by atoms with Crippen LogP contribution in [0.4, 0.5) is 0 Å². The van der Waals surface area contributed by atoms with Crippen molar-refractivity contribution in [2.75, 3.05) is 5.75 Å². The molecular formula is C13H14N2OS2. The van der Waals surface area contributed by atoms with Crippen molar-refractivity contribution in [3.05, 3.63) is 33.0 Å². The van der Waals surface area contributed by atoms with Gasteiger partial charge in [-0.05, 0) is 23.6 Å². The summed E-state index contributed by atoms with van der Waals surface area (Å²) in [6, 6.07) is 6.22. The third kappa shape index (κ3) is 2.77. The van der Waals surface area contributed by atoms with Gasteiger partial charge in [-0.3, -0.25) is 4.79 Å². The highest BCUT2D eigenvalue weighted by Crippen LogP contribution is 2.37. The Balaban J connectivity index is 2.33. The Morgan fingerprint density at radius 3 is 3.11 bits per heavy atom. The number of carbonyl (C=O) groups is 1. The number of nitrogens with one attached hydrogen (secondary N) is 1. The van der Waals surface area contributed by atoms with Crippen LogP contribution in [0.15, 0.2) is 28.1 Å². The molecule has 0 bridgehead atoms. The van der Waals surface area contributed by atoms with Crippen LogP contribution in [0.5, 0.6) is 0 Å². The van der Waals surface area contributed by atoms with Gasteiger partial charge in [-0.25, -0.2) is 0 Å². The zero-order valence-electron chi connectivity index (χ0n) is 10.1. The van der Waals surface area contributed by atoms with E-state index in [1.165, 1.54) is 0 Å². The van der Waals surface area contributed by atoms with Crippen LogP contribution < -0.4 is 5.32 Å². The van der Waals surface area contributed by atoms with E-state index in [2.05, 4.69) is 18.3 Å². The average Bonchev–Trinajstić information content (AvgIpc) is 2.89. The monoisotopic (exact) mass is 278 g/mol. The number of rotatable bonds is 4. The fourth-order valence-corrected chi connectivity index (χ4v) is 3.64. The number of nitrogens with zero attached hydrogens (tertiary/aromatic N) is 1. The molecule has 1 aliphatic heterocycles. The maximum absolute atomic E-state index is 11.7. The van der Waals surface area contributed by atoms with Gasteiger partial charge in [-0.1, -0.05) is 13.0 Å². The molecule has 0 radical (unpaired) electrons. The van der Waals surface area contributed by atoms with Gasteiger partial charge in [0.05, 0.1) is 16.7 Å². The number of hydrogen-bond acceptors (Lipinski definition) is 4. The van der Waals surface area contributed by atoms with Gasteiger partial charge in [0.2, 0.25) is 5.91 Å². The summed E-state index contributed by atoms with van der Waals surface area (Å²) in [5.74, 6) is 0.854. The number of carbonyl (C=O) groups excluding carboxylic acids is 1. The third-order valence-electron chi connectivity index (χ3n) is 2.69. The van der Waals surface area contributed by atoms with Crippen LogP contribution in [0.1, 0.15) is 30.6 Å². The first-order valence-electron chi connectivity index (χ1n) is 5.86. The van der Waals surface area contributed by atoms with E-state index in [1.807, 2.05) is 17.5 Å². The molecule has 0 unspecified atom stereocenters. The van der Waals surface area contributed by atoms with Gasteiger partial charge in [0, 0.05) is 17.2 Å². The maximum atomic E-state index is 11.7. The molecule has 0 saturated heterocycles. The zero-order valence-corrected chi connectivity index (χ0v) is 11.7. The number of thioether (sulfide) groups is 1. The van der Waals surface area contributed by atoms with Gasteiger partial charge in [-0.2, -0.15) is 5.26 Å². The lowest BCUT2D eigenvalue weighted by atomic mass is 9.93. The molecule has 5 heteroatoms. The second kappa shape index (κ2) is 6.07. The molecule has 0 spiro atoms. The molecule has 1 aromatic heterocycles.